The van der Waals surface area contributed by atoms with Crippen molar-refractivity contribution in [3.63, 3.8) is 0 Å². The summed E-state index contributed by atoms with van der Waals surface area (Å²) in [5.41, 5.74) is 0. The molecule has 1 fully saturated rings. The number of carbonyl (C=O) groups excluding carboxylic acids is 1. The minimum absolute atomic E-state index is 0.303. The third-order valence-corrected chi connectivity index (χ3v) is 10.2. The SMILES string of the molecule is CCCCCCC/C=C/C=C/[C@@H](O)[C@H](CO[C@@H]1O[C@H](CO)[C@@H](O)C(O)C1O)NC(=O)C(O)CCCCCCCCCCCCCCCCCCCC. The molecule has 0 aliphatic carbocycles. The maximum absolute atomic E-state index is 13.0. The third-order valence-electron chi connectivity index (χ3n) is 10.2. The first-order chi connectivity index (χ1) is 25.3. The van der Waals surface area contributed by atoms with Gasteiger partial charge < -0.3 is 45.4 Å². The molecule has 52 heavy (non-hydrogen) atoms. The highest BCUT2D eigenvalue weighted by molar-refractivity contribution is 5.80. The Bertz CT molecular complexity index is 886. The number of nitrogens with one attached hydrogen (secondary N) is 1. The molecule has 1 saturated heterocycles. The highest BCUT2D eigenvalue weighted by Gasteiger charge is 2.44. The molecule has 1 aliphatic rings. The molecule has 1 aliphatic heterocycles. The lowest BCUT2D eigenvalue weighted by Crippen LogP contribution is -2.60. The van der Waals surface area contributed by atoms with Gasteiger partial charge in [-0.15, -0.1) is 0 Å². The number of hydrogen-bond acceptors (Lipinski definition) is 9. The quantitative estimate of drug-likeness (QED) is 0.0274. The van der Waals surface area contributed by atoms with Crippen molar-refractivity contribution in [2.75, 3.05) is 13.2 Å². The van der Waals surface area contributed by atoms with Crippen LogP contribution in [0.15, 0.2) is 24.3 Å². The van der Waals surface area contributed by atoms with Crippen molar-refractivity contribution >= 4 is 5.91 Å². The second-order valence-corrected chi connectivity index (χ2v) is 15.0. The van der Waals surface area contributed by atoms with Crippen LogP contribution in [-0.4, -0.2) is 98.7 Å². The van der Waals surface area contributed by atoms with Crippen LogP contribution in [0.5, 0.6) is 0 Å². The second kappa shape index (κ2) is 33.0. The van der Waals surface area contributed by atoms with Crippen molar-refractivity contribution in [2.45, 2.75) is 223 Å². The number of hydrogen-bond donors (Lipinski definition) is 7. The first kappa shape index (κ1) is 48.6. The van der Waals surface area contributed by atoms with Gasteiger partial charge in [-0.1, -0.05) is 179 Å². The fourth-order valence-corrected chi connectivity index (χ4v) is 6.63. The van der Waals surface area contributed by atoms with Gasteiger partial charge in [-0.25, -0.2) is 0 Å². The largest absolute Gasteiger partial charge is 0.394 e. The molecule has 0 bridgehead atoms. The Hall–Kier alpha value is -1.37. The van der Waals surface area contributed by atoms with Crippen LogP contribution in [0, 0.1) is 0 Å². The molecule has 0 spiro atoms. The summed E-state index contributed by atoms with van der Waals surface area (Å²) < 4.78 is 11.1. The number of ether oxygens (including phenoxy) is 2. The van der Waals surface area contributed by atoms with E-state index in [4.69, 9.17) is 9.47 Å². The highest BCUT2D eigenvalue weighted by atomic mass is 16.7. The Morgan fingerprint density at radius 1 is 0.673 bits per heavy atom. The molecule has 0 saturated carbocycles. The molecule has 0 radical (unpaired) electrons. The lowest BCUT2D eigenvalue weighted by atomic mass is 9.99. The van der Waals surface area contributed by atoms with Gasteiger partial charge in [-0.2, -0.15) is 0 Å². The summed E-state index contributed by atoms with van der Waals surface area (Å²) >= 11 is 0. The summed E-state index contributed by atoms with van der Waals surface area (Å²) in [5.74, 6) is -0.635. The average Bonchev–Trinajstić information content (AvgIpc) is 3.14. The van der Waals surface area contributed by atoms with Crippen LogP contribution in [0.3, 0.4) is 0 Å². The van der Waals surface area contributed by atoms with Crippen molar-refractivity contribution in [2.24, 2.45) is 0 Å². The van der Waals surface area contributed by atoms with Crippen LogP contribution in [0.4, 0.5) is 0 Å². The molecule has 1 rings (SSSR count). The fraction of sp³-hybridized carbons (Fsp3) is 0.881. The zero-order valence-electron chi connectivity index (χ0n) is 32.9. The Kier molecular flexibility index (Phi) is 30.9. The van der Waals surface area contributed by atoms with Crippen molar-refractivity contribution in [1.29, 1.82) is 0 Å². The molecule has 1 heterocycles. The van der Waals surface area contributed by atoms with E-state index in [1.54, 1.807) is 6.08 Å². The molecule has 0 aromatic carbocycles. The number of aliphatic hydroxyl groups is 6. The van der Waals surface area contributed by atoms with Gasteiger partial charge in [-0.3, -0.25) is 4.79 Å². The highest BCUT2D eigenvalue weighted by Crippen LogP contribution is 2.22. The third kappa shape index (κ3) is 23.4. The van der Waals surface area contributed by atoms with Crippen LogP contribution in [0.2, 0.25) is 0 Å². The van der Waals surface area contributed by atoms with E-state index in [9.17, 15) is 35.4 Å². The standard InChI is InChI=1S/C42H79NO9/c1-3-5-7-9-11-13-14-15-16-17-18-19-20-21-23-25-27-29-31-36(46)41(50)43-34(35(45)30-28-26-24-22-12-10-8-6-4-2)33-51-42-40(49)39(48)38(47)37(32-44)52-42/h24,26,28,30,34-40,42,44-49H,3-23,25,27,29,31-33H2,1-2H3,(H,43,50)/b26-24+,30-28+/t34-,35+,36?,37+,38+,39?,40?,42+/m0/s1. The summed E-state index contributed by atoms with van der Waals surface area (Å²) in [6, 6.07) is -1.01. The van der Waals surface area contributed by atoms with Crippen LogP contribution in [0.25, 0.3) is 0 Å². The average molecular weight is 742 g/mol. The van der Waals surface area contributed by atoms with E-state index in [2.05, 4.69) is 19.2 Å². The van der Waals surface area contributed by atoms with Gasteiger partial charge in [0.15, 0.2) is 6.29 Å². The van der Waals surface area contributed by atoms with Gasteiger partial charge in [-0.05, 0) is 19.3 Å². The molecule has 10 nitrogen and oxygen atoms in total. The Morgan fingerprint density at radius 3 is 1.65 bits per heavy atom. The molecule has 10 heteroatoms. The number of amides is 1. The van der Waals surface area contributed by atoms with E-state index < -0.39 is 61.5 Å². The van der Waals surface area contributed by atoms with E-state index >= 15 is 0 Å². The lowest BCUT2D eigenvalue weighted by molar-refractivity contribution is -0.302. The molecule has 8 atom stereocenters. The van der Waals surface area contributed by atoms with Crippen LogP contribution >= 0.6 is 0 Å². The van der Waals surface area contributed by atoms with Crippen LogP contribution in [0.1, 0.15) is 174 Å². The van der Waals surface area contributed by atoms with E-state index in [-0.39, 0.29) is 6.61 Å². The number of unbranched alkanes of at least 4 members (excludes halogenated alkanes) is 22. The van der Waals surface area contributed by atoms with E-state index in [0.29, 0.717) is 12.8 Å². The maximum Gasteiger partial charge on any atom is 0.249 e. The zero-order valence-corrected chi connectivity index (χ0v) is 32.9. The predicted octanol–water partition coefficient (Wildman–Crippen LogP) is 6.91. The molecule has 0 aromatic rings. The topological polar surface area (TPSA) is 169 Å². The fourth-order valence-electron chi connectivity index (χ4n) is 6.63. The Labute approximate surface area is 316 Å². The van der Waals surface area contributed by atoms with Gasteiger partial charge >= 0.3 is 0 Å². The van der Waals surface area contributed by atoms with Gasteiger partial charge in [0, 0.05) is 0 Å². The van der Waals surface area contributed by atoms with Gasteiger partial charge in [0.05, 0.1) is 25.4 Å². The van der Waals surface area contributed by atoms with Crippen molar-refractivity contribution in [3.8, 4) is 0 Å². The lowest BCUT2D eigenvalue weighted by Gasteiger charge is -2.40. The Morgan fingerprint density at radius 2 is 1.15 bits per heavy atom. The number of allylic oxidation sites excluding steroid dienone is 3. The zero-order chi connectivity index (χ0) is 38.2. The van der Waals surface area contributed by atoms with Crippen LogP contribution < -0.4 is 5.32 Å². The molecule has 1 amide bonds. The molecule has 0 aromatic heterocycles. The van der Waals surface area contributed by atoms with E-state index in [1.807, 2.05) is 12.2 Å². The van der Waals surface area contributed by atoms with Crippen molar-refractivity contribution in [3.05, 3.63) is 24.3 Å². The first-order valence-electron chi connectivity index (χ1n) is 21.2. The molecular formula is C42H79NO9. The summed E-state index contributed by atoms with van der Waals surface area (Å²) in [6.45, 7) is 3.52. The first-order valence-corrected chi connectivity index (χ1v) is 21.2. The minimum atomic E-state index is -1.61. The van der Waals surface area contributed by atoms with Crippen molar-refractivity contribution in [1.82, 2.24) is 5.32 Å². The summed E-state index contributed by atoms with van der Waals surface area (Å²) in [4.78, 5) is 13.0. The normalized spacial score (nSPS) is 22.7. The Balaban J connectivity index is 2.40. The van der Waals surface area contributed by atoms with Crippen molar-refractivity contribution < 1.29 is 44.9 Å². The maximum atomic E-state index is 13.0. The number of carbonyl (C=O) groups is 1. The summed E-state index contributed by atoms with van der Waals surface area (Å²) in [5, 5.41) is 64.2. The van der Waals surface area contributed by atoms with E-state index in [1.165, 1.54) is 122 Å². The summed E-state index contributed by atoms with van der Waals surface area (Å²) in [6.07, 6.45) is 27.2. The van der Waals surface area contributed by atoms with Crippen LogP contribution in [-0.2, 0) is 14.3 Å². The molecular weight excluding hydrogens is 662 g/mol. The monoisotopic (exact) mass is 742 g/mol. The molecule has 306 valence electrons. The molecule has 3 unspecified atom stereocenters. The van der Waals surface area contributed by atoms with Gasteiger partial charge in [0.2, 0.25) is 5.91 Å². The predicted molar refractivity (Wildman–Crippen MR) is 209 cm³/mol. The van der Waals surface area contributed by atoms with Gasteiger partial charge in [0.25, 0.3) is 0 Å². The smallest absolute Gasteiger partial charge is 0.249 e. The molecule has 7 N–H and O–H groups in total. The number of rotatable bonds is 34. The van der Waals surface area contributed by atoms with E-state index in [0.717, 1.165) is 32.1 Å². The number of aliphatic hydroxyl groups excluding tert-OH is 6. The van der Waals surface area contributed by atoms with Gasteiger partial charge in [0.1, 0.15) is 30.5 Å². The summed E-state index contributed by atoms with van der Waals surface area (Å²) in [7, 11) is 0. The second-order valence-electron chi connectivity index (χ2n) is 15.0. The minimum Gasteiger partial charge on any atom is -0.394 e.